The van der Waals surface area contributed by atoms with Gasteiger partial charge in [-0.2, -0.15) is 10.5 Å². The maximum atomic E-state index is 12.8. The highest BCUT2D eigenvalue weighted by molar-refractivity contribution is 5.91. The molecule has 0 fully saturated rings. The summed E-state index contributed by atoms with van der Waals surface area (Å²) >= 11 is 0. The van der Waals surface area contributed by atoms with Gasteiger partial charge in [0.2, 0.25) is 0 Å². The summed E-state index contributed by atoms with van der Waals surface area (Å²) in [5, 5.41) is 6.04. The van der Waals surface area contributed by atoms with E-state index in [-0.39, 0.29) is 11.4 Å². The summed E-state index contributed by atoms with van der Waals surface area (Å²) in [4.78, 5) is 11.2. The molecule has 4 N–H and O–H groups in total. The molecule has 0 atom stereocenters. The monoisotopic (exact) mass is 211 g/mol. The third kappa shape index (κ3) is 2.19. The Hall–Kier alpha value is -2.18. The Bertz CT molecular complexity index is 395. The summed E-state index contributed by atoms with van der Waals surface area (Å²) in [6, 6.07) is 3.03. The van der Waals surface area contributed by atoms with E-state index in [1.54, 1.807) is 0 Å². The highest BCUT2D eigenvalue weighted by Gasteiger charge is 2.14. The lowest BCUT2D eigenvalue weighted by molar-refractivity contribution is 0.248. The Labute approximate surface area is 85.3 Å². The van der Waals surface area contributed by atoms with Crippen LogP contribution in [-0.4, -0.2) is 13.1 Å². The second kappa shape index (κ2) is 4.36. The van der Waals surface area contributed by atoms with E-state index in [4.69, 9.17) is 11.3 Å². The van der Waals surface area contributed by atoms with Gasteiger partial charge in [0, 0.05) is 7.05 Å². The number of nitrogens with one attached hydrogen (secondary N) is 2. The second-order valence-electron chi connectivity index (χ2n) is 2.67. The van der Waals surface area contributed by atoms with E-state index < -0.39 is 11.8 Å². The highest BCUT2D eigenvalue weighted by atomic mass is 19.1. The lowest BCUT2D eigenvalue weighted by Crippen LogP contribution is -2.33. The van der Waals surface area contributed by atoms with Crippen molar-refractivity contribution >= 4 is 17.4 Å². The molecule has 1 aromatic rings. The highest BCUT2D eigenvalue weighted by Crippen LogP contribution is 2.20. The fourth-order valence-corrected chi connectivity index (χ4v) is 0.989. The first-order valence-electron chi connectivity index (χ1n) is 4.04. The third-order valence-electron chi connectivity index (χ3n) is 1.73. The fourth-order valence-electron chi connectivity index (χ4n) is 0.989. The van der Waals surface area contributed by atoms with Gasteiger partial charge >= 0.3 is 6.03 Å². The molecular weight excluding hydrogens is 201 g/mol. The number of amides is 2. The van der Waals surface area contributed by atoms with Crippen LogP contribution < -0.4 is 16.1 Å². The quantitative estimate of drug-likeness (QED) is 0.392. The molecule has 0 saturated carbocycles. The molecule has 0 saturated heterocycles. The minimum absolute atomic E-state index is 0.106. The molecule has 0 aliphatic heterocycles. The number of benzene rings is 1. The molecule has 0 bridgehead atoms. The number of nitrogen functional groups attached to an aromatic ring is 1. The predicted octanol–water partition coefficient (Wildman–Crippen LogP) is 1.50. The van der Waals surface area contributed by atoms with Crippen LogP contribution in [0.15, 0.2) is 23.4 Å². The van der Waals surface area contributed by atoms with E-state index in [0.717, 1.165) is 11.1 Å². The van der Waals surface area contributed by atoms with E-state index in [0.29, 0.717) is 0 Å². The van der Waals surface area contributed by atoms with Crippen molar-refractivity contribution in [2.24, 2.45) is 5.22 Å². The number of hydrogen-bond acceptors (Lipinski definition) is 4. The zero-order valence-electron chi connectivity index (χ0n) is 7.99. The number of halogens is 1. The summed E-state index contributed by atoms with van der Waals surface area (Å²) in [5.41, 5.74) is 12.2. The maximum absolute atomic E-state index is 12.8. The van der Waals surface area contributed by atoms with Gasteiger partial charge in [0.15, 0.2) is 0 Å². The summed E-state index contributed by atoms with van der Waals surface area (Å²) in [6.07, 6.45) is 0. The van der Waals surface area contributed by atoms with Gasteiger partial charge in [-0.15, -0.1) is 0 Å². The zero-order valence-corrected chi connectivity index (χ0v) is 7.99. The van der Waals surface area contributed by atoms with E-state index in [9.17, 15) is 9.18 Å². The Balaban J connectivity index is 3.08. The maximum Gasteiger partial charge on any atom is 0.343 e. The predicted molar refractivity (Wildman–Crippen MR) is 52.9 cm³/mol. The number of rotatable bonds is 2. The fraction of sp³-hybridized carbons (Fsp3) is 0.125. The SMILES string of the molecule is CNC(=O)N(N=N)c1ccc(F)c(N)c1. The first-order valence-corrected chi connectivity index (χ1v) is 4.04. The van der Waals surface area contributed by atoms with Crippen LogP contribution in [0.5, 0.6) is 0 Å². The van der Waals surface area contributed by atoms with Crippen molar-refractivity contribution in [1.82, 2.24) is 5.32 Å². The molecule has 0 spiro atoms. The van der Waals surface area contributed by atoms with Gasteiger partial charge in [0.05, 0.1) is 11.4 Å². The average Bonchev–Trinajstić information content (AvgIpc) is 2.24. The number of hydrogen-bond donors (Lipinski definition) is 3. The molecule has 2 amide bonds. The third-order valence-corrected chi connectivity index (χ3v) is 1.73. The van der Waals surface area contributed by atoms with Crippen LogP contribution in [0.2, 0.25) is 0 Å². The van der Waals surface area contributed by atoms with Gasteiger partial charge < -0.3 is 11.1 Å². The lowest BCUT2D eigenvalue weighted by atomic mass is 10.2. The van der Waals surface area contributed by atoms with Crippen molar-refractivity contribution in [1.29, 1.82) is 5.53 Å². The first-order chi connectivity index (χ1) is 7.10. The largest absolute Gasteiger partial charge is 0.396 e. The van der Waals surface area contributed by atoms with Gasteiger partial charge in [0.25, 0.3) is 0 Å². The van der Waals surface area contributed by atoms with Crippen LogP contribution in [0, 0.1) is 11.3 Å². The van der Waals surface area contributed by atoms with Crippen molar-refractivity contribution in [3.05, 3.63) is 24.0 Å². The van der Waals surface area contributed by atoms with Crippen molar-refractivity contribution in [3.8, 4) is 0 Å². The number of nitrogens with two attached hydrogens (primary N) is 1. The number of anilines is 2. The molecule has 15 heavy (non-hydrogen) atoms. The van der Waals surface area contributed by atoms with Gasteiger partial charge in [-0.1, -0.05) is 5.22 Å². The molecule has 0 heterocycles. The Morgan fingerprint density at radius 2 is 2.33 bits per heavy atom. The topological polar surface area (TPSA) is 94.6 Å². The van der Waals surface area contributed by atoms with Crippen molar-refractivity contribution in [2.75, 3.05) is 17.8 Å². The molecule has 0 aliphatic carbocycles. The zero-order chi connectivity index (χ0) is 11.4. The Morgan fingerprint density at radius 3 is 2.80 bits per heavy atom. The molecule has 0 aliphatic rings. The molecule has 0 radical (unpaired) electrons. The summed E-state index contributed by atoms with van der Waals surface area (Å²) in [7, 11) is 1.40. The van der Waals surface area contributed by atoms with E-state index in [1.807, 2.05) is 0 Å². The van der Waals surface area contributed by atoms with Crippen LogP contribution in [-0.2, 0) is 0 Å². The molecule has 80 valence electrons. The van der Waals surface area contributed by atoms with Crippen LogP contribution in [0.25, 0.3) is 0 Å². The van der Waals surface area contributed by atoms with Gasteiger partial charge in [-0.3, -0.25) is 0 Å². The standard InChI is InChI=1S/C8H10FN5O/c1-12-8(15)14(13-11)5-2-3-6(9)7(10)4-5/h2-4,11H,10H2,1H3,(H,12,15). The van der Waals surface area contributed by atoms with Crippen molar-refractivity contribution in [3.63, 3.8) is 0 Å². The number of carbonyl (C=O) groups is 1. The number of urea groups is 1. The normalized spacial score (nSPS) is 9.47. The minimum Gasteiger partial charge on any atom is -0.396 e. The lowest BCUT2D eigenvalue weighted by Gasteiger charge is -2.14. The average molecular weight is 211 g/mol. The van der Waals surface area contributed by atoms with Crippen LogP contribution in [0.1, 0.15) is 0 Å². The smallest absolute Gasteiger partial charge is 0.343 e. The van der Waals surface area contributed by atoms with Crippen LogP contribution >= 0.6 is 0 Å². The second-order valence-corrected chi connectivity index (χ2v) is 2.67. The summed E-state index contributed by atoms with van der Waals surface area (Å²) < 4.78 is 12.8. The first kappa shape index (κ1) is 10.9. The number of carbonyl (C=O) groups excluding carboxylic acids is 1. The van der Waals surface area contributed by atoms with Crippen LogP contribution in [0.4, 0.5) is 20.6 Å². The van der Waals surface area contributed by atoms with Crippen molar-refractivity contribution < 1.29 is 9.18 Å². The molecule has 1 aromatic carbocycles. The molecule has 1 rings (SSSR count). The van der Waals surface area contributed by atoms with Gasteiger partial charge in [-0.25, -0.2) is 9.18 Å². The molecule has 6 nitrogen and oxygen atoms in total. The minimum atomic E-state index is -0.601. The van der Waals surface area contributed by atoms with Crippen molar-refractivity contribution in [2.45, 2.75) is 0 Å². The summed E-state index contributed by atoms with van der Waals surface area (Å²) in [6.45, 7) is 0. The van der Waals surface area contributed by atoms with Gasteiger partial charge in [0.1, 0.15) is 5.82 Å². The molecule has 0 unspecified atom stereocenters. The van der Waals surface area contributed by atoms with Gasteiger partial charge in [-0.05, 0) is 18.2 Å². The molecule has 0 aromatic heterocycles. The summed E-state index contributed by atoms with van der Waals surface area (Å²) in [5.74, 6) is -0.583. The molecular formula is C8H10FN5O. The van der Waals surface area contributed by atoms with E-state index in [1.165, 1.54) is 19.2 Å². The Kier molecular flexibility index (Phi) is 3.17. The van der Waals surface area contributed by atoms with E-state index >= 15 is 0 Å². The Morgan fingerprint density at radius 1 is 1.67 bits per heavy atom. The van der Waals surface area contributed by atoms with E-state index in [2.05, 4.69) is 10.5 Å². The van der Waals surface area contributed by atoms with Crippen LogP contribution in [0.3, 0.4) is 0 Å². The molecule has 7 heteroatoms. The number of nitrogens with zero attached hydrogens (tertiary/aromatic N) is 2.